The smallest absolute Gasteiger partial charge is 0.270 e. The van der Waals surface area contributed by atoms with Crippen molar-refractivity contribution in [2.45, 2.75) is 20.5 Å². The van der Waals surface area contributed by atoms with Crippen molar-refractivity contribution in [2.24, 2.45) is 0 Å². The highest BCUT2D eigenvalue weighted by molar-refractivity contribution is 7.80. The Labute approximate surface area is 224 Å². The quantitative estimate of drug-likeness (QED) is 0.222. The number of thiocarbonyl (C=S) groups is 1. The number of amides is 2. The Kier molecular flexibility index (Phi) is 7.94. The molecule has 1 heterocycles. The topological polar surface area (TPSA) is 67.9 Å². The molecule has 184 valence electrons. The summed E-state index contributed by atoms with van der Waals surface area (Å²) in [7, 11) is 0. The van der Waals surface area contributed by atoms with Gasteiger partial charge in [0.25, 0.3) is 11.8 Å². The Morgan fingerprint density at radius 2 is 1.75 bits per heavy atom. The molecule has 0 radical (unpaired) electrons. The second kappa shape index (κ2) is 11.1. The molecule has 1 aliphatic heterocycles. The van der Waals surface area contributed by atoms with Crippen molar-refractivity contribution < 1.29 is 19.1 Å². The minimum absolute atomic E-state index is 0.0822. The Morgan fingerprint density at radius 1 is 1.00 bits per heavy atom. The lowest BCUT2D eigenvalue weighted by molar-refractivity contribution is -0.122. The number of halogens is 2. The van der Waals surface area contributed by atoms with Gasteiger partial charge in [0.05, 0.1) is 22.3 Å². The van der Waals surface area contributed by atoms with E-state index in [1.54, 1.807) is 36.4 Å². The van der Waals surface area contributed by atoms with Crippen molar-refractivity contribution in [3.63, 3.8) is 0 Å². The van der Waals surface area contributed by atoms with Gasteiger partial charge in [0.15, 0.2) is 16.6 Å². The maximum Gasteiger partial charge on any atom is 0.270 e. The van der Waals surface area contributed by atoms with E-state index in [1.807, 2.05) is 38.1 Å². The summed E-state index contributed by atoms with van der Waals surface area (Å²) in [5, 5.41) is 2.87. The fraction of sp³-hybridized carbons (Fsp3) is 0.148. The largest absolute Gasteiger partial charge is 0.490 e. The minimum atomic E-state index is -0.620. The van der Waals surface area contributed by atoms with Gasteiger partial charge < -0.3 is 9.47 Å². The van der Waals surface area contributed by atoms with Crippen LogP contribution < -0.4 is 19.7 Å². The minimum Gasteiger partial charge on any atom is -0.490 e. The SMILES string of the molecule is CCOc1cc(/C=C2\C(=O)NC(=S)N(c3cccc(Cl)c3Cl)C2=O)ccc1OCc1ccc(C)cc1. The van der Waals surface area contributed by atoms with Crippen LogP contribution in [0.1, 0.15) is 23.6 Å². The third-order valence-corrected chi connectivity index (χ3v) is 6.46. The van der Waals surface area contributed by atoms with E-state index in [1.165, 1.54) is 11.6 Å². The van der Waals surface area contributed by atoms with E-state index in [9.17, 15) is 9.59 Å². The molecule has 0 saturated carbocycles. The Bertz CT molecular complexity index is 1370. The van der Waals surface area contributed by atoms with E-state index in [-0.39, 0.29) is 26.4 Å². The summed E-state index contributed by atoms with van der Waals surface area (Å²) in [6, 6.07) is 18.1. The second-order valence-corrected chi connectivity index (χ2v) is 9.12. The summed E-state index contributed by atoms with van der Waals surface area (Å²) in [5.74, 6) is -0.192. The first-order chi connectivity index (χ1) is 17.3. The first-order valence-corrected chi connectivity index (χ1v) is 12.3. The standard InChI is InChI=1S/C27H22Cl2N2O4S/c1-3-34-23-14-18(11-12-22(23)35-15-17-9-7-16(2)8-10-17)13-19-25(32)30-27(36)31(26(19)33)21-6-4-5-20(28)24(21)29/h4-14H,3,15H2,1-2H3,(H,30,32,36)/b19-13+. The van der Waals surface area contributed by atoms with Gasteiger partial charge in [-0.1, -0.05) is 65.2 Å². The number of ether oxygens (including phenoxy) is 2. The van der Waals surface area contributed by atoms with Crippen LogP contribution in [0.3, 0.4) is 0 Å². The molecule has 1 fully saturated rings. The van der Waals surface area contributed by atoms with E-state index < -0.39 is 11.8 Å². The molecule has 9 heteroatoms. The van der Waals surface area contributed by atoms with Crippen molar-refractivity contribution in [3.05, 3.63) is 93.0 Å². The summed E-state index contributed by atoms with van der Waals surface area (Å²) in [6.07, 6.45) is 1.47. The fourth-order valence-electron chi connectivity index (χ4n) is 3.56. The number of nitrogens with zero attached hydrogens (tertiary/aromatic N) is 1. The van der Waals surface area contributed by atoms with Gasteiger partial charge in [0, 0.05) is 0 Å². The summed E-state index contributed by atoms with van der Waals surface area (Å²) in [6.45, 7) is 4.67. The van der Waals surface area contributed by atoms with Gasteiger partial charge in [0.1, 0.15) is 12.2 Å². The highest BCUT2D eigenvalue weighted by atomic mass is 35.5. The molecule has 6 nitrogen and oxygen atoms in total. The number of benzene rings is 3. The average molecular weight is 541 g/mol. The van der Waals surface area contributed by atoms with Gasteiger partial charge in [0.2, 0.25) is 0 Å². The molecule has 1 saturated heterocycles. The van der Waals surface area contributed by atoms with Crippen LogP contribution >= 0.6 is 35.4 Å². The average Bonchev–Trinajstić information content (AvgIpc) is 2.85. The highest BCUT2D eigenvalue weighted by Gasteiger charge is 2.35. The van der Waals surface area contributed by atoms with Gasteiger partial charge in [-0.05, 0) is 67.5 Å². The number of hydrogen-bond acceptors (Lipinski definition) is 5. The molecule has 3 aromatic carbocycles. The van der Waals surface area contributed by atoms with Gasteiger partial charge >= 0.3 is 0 Å². The van der Waals surface area contributed by atoms with Gasteiger partial charge in [-0.2, -0.15) is 0 Å². The van der Waals surface area contributed by atoms with Crippen LogP contribution in [0.5, 0.6) is 11.5 Å². The number of nitrogens with one attached hydrogen (secondary N) is 1. The van der Waals surface area contributed by atoms with Gasteiger partial charge in [-0.3, -0.25) is 19.8 Å². The molecule has 0 aliphatic carbocycles. The number of rotatable bonds is 7. The predicted octanol–water partition coefficient (Wildman–Crippen LogP) is 6.11. The Hall–Kier alpha value is -3.39. The van der Waals surface area contributed by atoms with Crippen molar-refractivity contribution in [3.8, 4) is 11.5 Å². The molecule has 0 atom stereocenters. The molecule has 1 aliphatic rings. The Balaban J connectivity index is 1.63. The fourth-order valence-corrected chi connectivity index (χ4v) is 4.21. The van der Waals surface area contributed by atoms with Crippen molar-refractivity contribution in [1.29, 1.82) is 0 Å². The zero-order chi connectivity index (χ0) is 25.8. The molecule has 2 amide bonds. The van der Waals surface area contributed by atoms with E-state index >= 15 is 0 Å². The van der Waals surface area contributed by atoms with Crippen LogP contribution in [0, 0.1) is 6.92 Å². The van der Waals surface area contributed by atoms with Gasteiger partial charge in [-0.25, -0.2) is 0 Å². The van der Waals surface area contributed by atoms with E-state index in [0.29, 0.717) is 30.3 Å². The van der Waals surface area contributed by atoms with E-state index in [2.05, 4.69) is 5.32 Å². The second-order valence-electron chi connectivity index (χ2n) is 7.94. The van der Waals surface area contributed by atoms with E-state index in [4.69, 9.17) is 44.9 Å². The summed E-state index contributed by atoms with van der Waals surface area (Å²) in [4.78, 5) is 27.2. The number of aryl methyl sites for hydroxylation is 1. The molecule has 0 unspecified atom stereocenters. The van der Waals surface area contributed by atoms with Crippen LogP contribution in [0.15, 0.2) is 66.2 Å². The van der Waals surface area contributed by atoms with E-state index in [0.717, 1.165) is 10.5 Å². The molecule has 3 aromatic rings. The monoisotopic (exact) mass is 540 g/mol. The lowest BCUT2D eigenvalue weighted by Gasteiger charge is -2.29. The maximum atomic E-state index is 13.3. The molecule has 0 bridgehead atoms. The van der Waals surface area contributed by atoms with Crippen LogP contribution in [-0.2, 0) is 16.2 Å². The lowest BCUT2D eigenvalue weighted by atomic mass is 10.1. The third kappa shape index (κ3) is 5.54. The Morgan fingerprint density at radius 3 is 2.47 bits per heavy atom. The highest BCUT2D eigenvalue weighted by Crippen LogP contribution is 2.35. The lowest BCUT2D eigenvalue weighted by Crippen LogP contribution is -2.54. The number of anilines is 1. The zero-order valence-corrected chi connectivity index (χ0v) is 21.8. The first-order valence-electron chi connectivity index (χ1n) is 11.1. The van der Waals surface area contributed by atoms with Crippen molar-refractivity contribution >= 4 is 64.1 Å². The number of hydrogen-bond donors (Lipinski definition) is 1. The summed E-state index contributed by atoms with van der Waals surface area (Å²) < 4.78 is 11.7. The van der Waals surface area contributed by atoms with Crippen molar-refractivity contribution in [1.82, 2.24) is 5.32 Å². The molecule has 0 spiro atoms. The molecule has 36 heavy (non-hydrogen) atoms. The summed E-state index contributed by atoms with van der Waals surface area (Å²) in [5.41, 5.74) is 2.93. The normalized spacial score (nSPS) is 14.7. The maximum absolute atomic E-state index is 13.3. The molecule has 1 N–H and O–H groups in total. The van der Waals surface area contributed by atoms with Crippen LogP contribution in [0.25, 0.3) is 6.08 Å². The number of carbonyl (C=O) groups is 2. The zero-order valence-electron chi connectivity index (χ0n) is 19.5. The van der Waals surface area contributed by atoms with Gasteiger partial charge in [-0.15, -0.1) is 0 Å². The molecular formula is C27H22Cl2N2O4S. The van der Waals surface area contributed by atoms with Crippen LogP contribution in [0.4, 0.5) is 5.69 Å². The van der Waals surface area contributed by atoms with Crippen LogP contribution in [-0.4, -0.2) is 23.5 Å². The molecule has 0 aromatic heterocycles. The van der Waals surface area contributed by atoms with Crippen molar-refractivity contribution in [2.75, 3.05) is 11.5 Å². The predicted molar refractivity (Wildman–Crippen MR) is 146 cm³/mol. The third-order valence-electron chi connectivity index (χ3n) is 5.37. The summed E-state index contributed by atoms with van der Waals surface area (Å²) >= 11 is 17.7. The molecular weight excluding hydrogens is 519 g/mol. The molecule has 4 rings (SSSR count). The number of carbonyl (C=O) groups excluding carboxylic acids is 2. The van der Waals surface area contributed by atoms with Crippen LogP contribution in [0.2, 0.25) is 10.0 Å². The first kappa shape index (κ1) is 25.7.